The van der Waals surface area contributed by atoms with Gasteiger partial charge in [-0.1, -0.05) is 174 Å². The Morgan fingerprint density at radius 2 is 0.627 bits per heavy atom. The SMILES string of the molecule is CC1(C)CCC(C)(C)c2cc(Nc3ccc4c(c3)C(C)(C)CCC4(C)C)ccc21.Cc1cc(Cl)cc(Br)c1.Cc1cc(Cl)cc(N(c2ccc3c(c2)C(C)(C)CCC3(C)C)c2ccc3c(c2)C(C)(C)CCC3(C)C)c1. The van der Waals surface area contributed by atoms with Gasteiger partial charge in [0.25, 0.3) is 0 Å². The Labute approximate surface area is 473 Å². The van der Waals surface area contributed by atoms with Gasteiger partial charge in [-0.25, -0.2) is 0 Å². The van der Waals surface area contributed by atoms with Crippen LogP contribution in [0.3, 0.4) is 0 Å². The number of nitrogens with one attached hydrogen (secondary N) is 1. The van der Waals surface area contributed by atoms with Crippen LogP contribution < -0.4 is 10.2 Å². The molecule has 0 saturated heterocycles. The molecule has 6 aromatic carbocycles. The van der Waals surface area contributed by atoms with E-state index in [4.69, 9.17) is 23.2 Å². The van der Waals surface area contributed by atoms with Gasteiger partial charge in [-0.3, -0.25) is 0 Å². The molecule has 0 bridgehead atoms. The Balaban J connectivity index is 0.000000174. The third-order valence-electron chi connectivity index (χ3n) is 18.5. The summed E-state index contributed by atoms with van der Waals surface area (Å²) in [6.07, 6.45) is 9.87. The third-order valence-corrected chi connectivity index (χ3v) is 19.4. The van der Waals surface area contributed by atoms with Crippen LogP contribution in [0.2, 0.25) is 10.0 Å². The van der Waals surface area contributed by atoms with Crippen LogP contribution in [-0.2, 0) is 43.3 Å². The lowest BCUT2D eigenvalue weighted by molar-refractivity contribution is 0.332. The lowest BCUT2D eigenvalue weighted by Crippen LogP contribution is -2.34. The van der Waals surface area contributed by atoms with Crippen molar-refractivity contribution in [2.24, 2.45) is 0 Å². The maximum Gasteiger partial charge on any atom is 0.0479 e. The van der Waals surface area contributed by atoms with Crippen molar-refractivity contribution in [3.8, 4) is 0 Å². The smallest absolute Gasteiger partial charge is 0.0479 e. The molecule has 0 fully saturated rings. The zero-order valence-corrected chi connectivity index (χ0v) is 52.2. The number of fused-ring (bicyclic) bond motifs is 4. The molecule has 0 atom stereocenters. The van der Waals surface area contributed by atoms with E-state index in [1.54, 1.807) is 0 Å². The van der Waals surface area contributed by atoms with E-state index in [0.717, 1.165) is 20.2 Å². The molecule has 5 heteroatoms. The summed E-state index contributed by atoms with van der Waals surface area (Å²) in [5.41, 5.74) is 22.0. The van der Waals surface area contributed by atoms with E-state index in [0.29, 0.717) is 0 Å². The van der Waals surface area contributed by atoms with Gasteiger partial charge in [0.2, 0.25) is 0 Å². The molecule has 0 heterocycles. The van der Waals surface area contributed by atoms with Crippen molar-refractivity contribution >= 4 is 67.6 Å². The fourth-order valence-corrected chi connectivity index (χ4v) is 14.2. The maximum absolute atomic E-state index is 6.64. The molecular weight excluding hydrogens is 1020 g/mol. The molecule has 4 aliphatic rings. The average Bonchev–Trinajstić information content (AvgIpc) is 3.30. The van der Waals surface area contributed by atoms with Gasteiger partial charge in [0.05, 0.1) is 0 Å². The molecule has 2 nitrogen and oxygen atoms in total. The van der Waals surface area contributed by atoms with Crippen molar-refractivity contribution < 1.29 is 0 Å². The zero-order valence-electron chi connectivity index (χ0n) is 49.1. The Morgan fingerprint density at radius 3 is 0.947 bits per heavy atom. The molecule has 75 heavy (non-hydrogen) atoms. The van der Waals surface area contributed by atoms with E-state index in [2.05, 4.69) is 229 Å². The fourth-order valence-electron chi connectivity index (χ4n) is 12.9. The van der Waals surface area contributed by atoms with E-state index in [-0.39, 0.29) is 43.3 Å². The summed E-state index contributed by atoms with van der Waals surface area (Å²) in [6, 6.07) is 40.7. The average molecular weight is 1110 g/mol. The van der Waals surface area contributed by atoms with E-state index >= 15 is 0 Å². The Kier molecular flexibility index (Phi) is 15.5. The van der Waals surface area contributed by atoms with E-state index in [1.165, 1.54) is 130 Å². The molecule has 1 N–H and O–H groups in total. The minimum Gasteiger partial charge on any atom is -0.356 e. The summed E-state index contributed by atoms with van der Waals surface area (Å²) in [7, 11) is 0. The topological polar surface area (TPSA) is 15.3 Å². The molecular formula is C70H89BrCl2N2. The Hall–Kier alpha value is -4.02. The lowest BCUT2D eigenvalue weighted by Gasteiger charge is -2.43. The number of halogens is 3. The van der Waals surface area contributed by atoms with Gasteiger partial charge in [-0.2, -0.15) is 0 Å². The van der Waals surface area contributed by atoms with Crippen LogP contribution in [0, 0.1) is 13.8 Å². The van der Waals surface area contributed by atoms with Crippen LogP contribution in [0.15, 0.2) is 114 Å². The number of rotatable bonds is 5. The standard InChI is InChI=1S/C35H44ClN.C28H39N.C7H6BrCl/c1-23-18-24(36)20-27(19-23)37(25-10-12-28-30(21-25)34(6,7)16-14-32(28,2)3)26-11-13-29-31(22-26)35(8,9)17-15-33(29,4)5;1-25(2)13-15-27(5,6)23-17-19(9-11-21(23)25)29-20-10-12-22-24(18-20)28(7,8)16-14-26(22,3)4;1-5-2-6(8)4-7(9)3-5/h10-13,18-22H,14-17H2,1-9H3;9-12,17-18,29H,13-16H2,1-8H3;2-4H,1H3. The van der Waals surface area contributed by atoms with Gasteiger partial charge in [0, 0.05) is 43.0 Å². The number of benzene rings is 6. The van der Waals surface area contributed by atoms with Gasteiger partial charge >= 0.3 is 0 Å². The molecule has 0 amide bonds. The zero-order chi connectivity index (χ0) is 55.1. The Morgan fingerprint density at radius 1 is 0.333 bits per heavy atom. The van der Waals surface area contributed by atoms with Crippen LogP contribution in [0.4, 0.5) is 28.4 Å². The minimum absolute atomic E-state index is 0.151. The van der Waals surface area contributed by atoms with Gasteiger partial charge in [-0.15, -0.1) is 0 Å². The third kappa shape index (κ3) is 12.0. The van der Waals surface area contributed by atoms with Crippen LogP contribution >= 0.6 is 39.1 Å². The summed E-state index contributed by atoms with van der Waals surface area (Å²) in [6.45, 7) is 42.5. The molecule has 0 saturated carbocycles. The van der Waals surface area contributed by atoms with Crippen molar-refractivity contribution in [1.82, 2.24) is 0 Å². The predicted molar refractivity (Wildman–Crippen MR) is 332 cm³/mol. The summed E-state index contributed by atoms with van der Waals surface area (Å²) < 4.78 is 1.03. The monoisotopic (exact) mass is 1110 g/mol. The summed E-state index contributed by atoms with van der Waals surface area (Å²) in [5.74, 6) is 0. The minimum atomic E-state index is 0.151. The van der Waals surface area contributed by atoms with Gasteiger partial charge in [0.15, 0.2) is 0 Å². The highest BCUT2D eigenvalue weighted by atomic mass is 79.9. The Bertz CT molecular complexity index is 2880. The second-order valence-electron chi connectivity index (χ2n) is 28.4. The molecule has 0 unspecified atom stereocenters. The van der Waals surface area contributed by atoms with Crippen molar-refractivity contribution in [2.75, 3.05) is 10.2 Å². The van der Waals surface area contributed by atoms with Gasteiger partial charge in [-0.05, 0) is 249 Å². The molecule has 400 valence electrons. The fraction of sp³-hybridized carbons (Fsp3) is 0.486. The van der Waals surface area contributed by atoms with E-state index in [9.17, 15) is 0 Å². The number of nitrogens with zero attached hydrogens (tertiary/aromatic N) is 1. The van der Waals surface area contributed by atoms with Crippen LogP contribution in [0.1, 0.15) is 218 Å². The predicted octanol–water partition coefficient (Wildman–Crippen LogP) is 22.4. The summed E-state index contributed by atoms with van der Waals surface area (Å²) in [5, 5.41) is 5.29. The first-order valence-corrected chi connectivity index (χ1v) is 29.5. The molecule has 0 spiro atoms. The van der Waals surface area contributed by atoms with Crippen molar-refractivity contribution in [2.45, 2.75) is 219 Å². The summed E-state index contributed by atoms with van der Waals surface area (Å²) >= 11 is 15.7. The van der Waals surface area contributed by atoms with Crippen molar-refractivity contribution in [1.29, 1.82) is 0 Å². The van der Waals surface area contributed by atoms with Gasteiger partial charge < -0.3 is 10.2 Å². The van der Waals surface area contributed by atoms with Crippen LogP contribution in [0.25, 0.3) is 0 Å². The van der Waals surface area contributed by atoms with E-state index in [1.807, 2.05) is 31.2 Å². The molecule has 10 rings (SSSR count). The summed E-state index contributed by atoms with van der Waals surface area (Å²) in [4.78, 5) is 2.43. The number of anilines is 5. The molecule has 0 aromatic heterocycles. The highest BCUT2D eigenvalue weighted by molar-refractivity contribution is 9.10. The first kappa shape index (κ1) is 57.2. The second-order valence-corrected chi connectivity index (χ2v) is 30.2. The molecule has 4 aliphatic carbocycles. The second kappa shape index (κ2) is 20.3. The molecule has 6 aromatic rings. The highest BCUT2D eigenvalue weighted by Gasteiger charge is 2.41. The highest BCUT2D eigenvalue weighted by Crippen LogP contribution is 2.52. The largest absolute Gasteiger partial charge is 0.356 e. The van der Waals surface area contributed by atoms with Crippen molar-refractivity contribution in [3.63, 3.8) is 0 Å². The van der Waals surface area contributed by atoms with E-state index < -0.39 is 0 Å². The van der Waals surface area contributed by atoms with Crippen LogP contribution in [-0.4, -0.2) is 0 Å². The maximum atomic E-state index is 6.64. The van der Waals surface area contributed by atoms with Gasteiger partial charge in [0.1, 0.15) is 0 Å². The molecule has 0 radical (unpaired) electrons. The van der Waals surface area contributed by atoms with Crippen molar-refractivity contribution in [3.05, 3.63) is 179 Å². The normalized spacial score (nSPS) is 20.2. The number of aryl methyl sites for hydroxylation is 2. The first-order chi connectivity index (χ1) is 34.6. The van der Waals surface area contributed by atoms with Crippen LogP contribution in [0.5, 0.6) is 0 Å². The quantitative estimate of drug-likeness (QED) is 0.185. The lowest BCUT2D eigenvalue weighted by atomic mass is 9.63. The first-order valence-electron chi connectivity index (χ1n) is 28.0. The number of hydrogen-bond acceptors (Lipinski definition) is 2. The molecule has 0 aliphatic heterocycles. The number of hydrogen-bond donors (Lipinski definition) is 1.